The molecule has 0 atom stereocenters. The molecule has 0 aliphatic carbocycles. The molecule has 0 fully saturated rings. The van der Waals surface area contributed by atoms with Gasteiger partial charge in [0.1, 0.15) is 5.82 Å². The number of aromatic nitrogens is 1. The molecule has 0 unspecified atom stereocenters. The van der Waals surface area contributed by atoms with E-state index in [1.807, 2.05) is 72.8 Å². The first-order chi connectivity index (χ1) is 11.3. The van der Waals surface area contributed by atoms with E-state index in [4.69, 9.17) is 0 Å². The number of carbonyl (C=O) groups excluding carboxylic acids is 1. The van der Waals surface area contributed by atoms with Crippen LogP contribution in [0.2, 0.25) is 0 Å². The standard InChI is InChI=1S/C19H15IN2O/c20-17-11-5-4-10-16(17)19(23)22(18-12-6-7-13-21-18)14-15-8-2-1-3-9-15/h1-13H,14H2. The van der Waals surface area contributed by atoms with Crippen molar-refractivity contribution >= 4 is 34.3 Å². The van der Waals surface area contributed by atoms with Crippen molar-refractivity contribution in [2.75, 3.05) is 4.90 Å². The first-order valence-corrected chi connectivity index (χ1v) is 8.35. The van der Waals surface area contributed by atoms with Crippen LogP contribution < -0.4 is 4.90 Å². The number of hydrogen-bond donors (Lipinski definition) is 0. The van der Waals surface area contributed by atoms with Gasteiger partial charge in [-0.05, 0) is 52.4 Å². The van der Waals surface area contributed by atoms with Gasteiger partial charge in [0.2, 0.25) is 0 Å². The van der Waals surface area contributed by atoms with Crippen LogP contribution in [0.5, 0.6) is 0 Å². The molecule has 0 aliphatic rings. The predicted octanol–water partition coefficient (Wildman–Crippen LogP) is 4.53. The van der Waals surface area contributed by atoms with Crippen molar-refractivity contribution in [1.29, 1.82) is 0 Å². The Kier molecular flexibility index (Phi) is 5.02. The third-order valence-corrected chi connectivity index (χ3v) is 4.40. The van der Waals surface area contributed by atoms with Crippen LogP contribution in [-0.2, 0) is 6.54 Å². The Balaban J connectivity index is 1.98. The summed E-state index contributed by atoms with van der Waals surface area (Å²) < 4.78 is 0.934. The number of pyridine rings is 1. The van der Waals surface area contributed by atoms with Gasteiger partial charge in [0.25, 0.3) is 5.91 Å². The number of amides is 1. The van der Waals surface area contributed by atoms with E-state index in [9.17, 15) is 4.79 Å². The number of halogens is 1. The molecule has 0 saturated heterocycles. The van der Waals surface area contributed by atoms with Crippen molar-refractivity contribution < 1.29 is 4.79 Å². The number of hydrogen-bond acceptors (Lipinski definition) is 2. The van der Waals surface area contributed by atoms with Crippen LogP contribution in [-0.4, -0.2) is 10.9 Å². The second-order valence-corrected chi connectivity index (χ2v) is 6.21. The van der Waals surface area contributed by atoms with Crippen LogP contribution in [0.15, 0.2) is 79.0 Å². The lowest BCUT2D eigenvalue weighted by Gasteiger charge is -2.22. The fourth-order valence-corrected chi connectivity index (χ4v) is 2.93. The number of rotatable bonds is 4. The normalized spacial score (nSPS) is 10.3. The maximum Gasteiger partial charge on any atom is 0.260 e. The molecule has 3 aromatic rings. The Morgan fingerprint density at radius 3 is 2.30 bits per heavy atom. The van der Waals surface area contributed by atoms with Crippen molar-refractivity contribution in [3.8, 4) is 0 Å². The summed E-state index contributed by atoms with van der Waals surface area (Å²) in [7, 11) is 0. The molecule has 0 N–H and O–H groups in total. The number of anilines is 1. The van der Waals surface area contributed by atoms with Crippen LogP contribution in [0, 0.1) is 3.57 Å². The van der Waals surface area contributed by atoms with Crippen LogP contribution in [0.1, 0.15) is 15.9 Å². The molecule has 2 aromatic carbocycles. The zero-order valence-electron chi connectivity index (χ0n) is 12.4. The highest BCUT2D eigenvalue weighted by atomic mass is 127. The maximum atomic E-state index is 13.1. The highest BCUT2D eigenvalue weighted by molar-refractivity contribution is 14.1. The van der Waals surface area contributed by atoms with E-state index in [2.05, 4.69) is 27.6 Å². The van der Waals surface area contributed by atoms with Crippen molar-refractivity contribution in [2.45, 2.75) is 6.54 Å². The SMILES string of the molecule is O=C(c1ccccc1I)N(Cc1ccccc1)c1ccccn1. The third kappa shape index (κ3) is 3.76. The van der Waals surface area contributed by atoms with Gasteiger partial charge in [0, 0.05) is 9.77 Å². The van der Waals surface area contributed by atoms with Crippen LogP contribution in [0.25, 0.3) is 0 Å². The molecule has 4 heteroatoms. The van der Waals surface area contributed by atoms with Crippen LogP contribution in [0.4, 0.5) is 5.82 Å². The molecule has 1 amide bonds. The fourth-order valence-electron chi connectivity index (χ4n) is 2.32. The first-order valence-electron chi connectivity index (χ1n) is 7.27. The first kappa shape index (κ1) is 15.7. The summed E-state index contributed by atoms with van der Waals surface area (Å²) in [4.78, 5) is 19.1. The molecule has 3 nitrogen and oxygen atoms in total. The number of nitrogens with zero attached hydrogens (tertiary/aromatic N) is 2. The summed E-state index contributed by atoms with van der Waals surface area (Å²) in [6.45, 7) is 0.488. The Morgan fingerprint density at radius 2 is 1.61 bits per heavy atom. The second kappa shape index (κ2) is 7.37. The van der Waals surface area contributed by atoms with Gasteiger partial charge in [-0.2, -0.15) is 0 Å². The minimum absolute atomic E-state index is 0.0439. The van der Waals surface area contributed by atoms with Crippen LogP contribution >= 0.6 is 22.6 Å². The summed E-state index contributed by atoms with van der Waals surface area (Å²) in [5.74, 6) is 0.610. The quantitative estimate of drug-likeness (QED) is 0.588. The van der Waals surface area contributed by atoms with Crippen LogP contribution in [0.3, 0.4) is 0 Å². The van der Waals surface area contributed by atoms with E-state index in [0.717, 1.165) is 9.13 Å². The van der Waals surface area contributed by atoms with E-state index in [-0.39, 0.29) is 5.91 Å². The van der Waals surface area contributed by atoms with E-state index in [1.54, 1.807) is 11.1 Å². The molecule has 114 valence electrons. The van der Waals surface area contributed by atoms with E-state index < -0.39 is 0 Å². The minimum Gasteiger partial charge on any atom is -0.288 e. The lowest BCUT2D eigenvalue weighted by Crippen LogP contribution is -2.31. The fraction of sp³-hybridized carbons (Fsp3) is 0.0526. The summed E-state index contributed by atoms with van der Waals surface area (Å²) >= 11 is 2.19. The monoisotopic (exact) mass is 414 g/mol. The van der Waals surface area contributed by atoms with Crippen molar-refractivity contribution in [2.24, 2.45) is 0 Å². The molecule has 1 heterocycles. The van der Waals surface area contributed by atoms with E-state index >= 15 is 0 Å². The molecule has 0 radical (unpaired) electrons. The molecular weight excluding hydrogens is 399 g/mol. The number of carbonyl (C=O) groups is 1. The van der Waals surface area contributed by atoms with Crippen molar-refractivity contribution in [3.63, 3.8) is 0 Å². The van der Waals surface area contributed by atoms with Crippen molar-refractivity contribution in [1.82, 2.24) is 4.98 Å². The lowest BCUT2D eigenvalue weighted by molar-refractivity contribution is 0.0983. The molecule has 0 bridgehead atoms. The number of benzene rings is 2. The van der Waals surface area contributed by atoms with Gasteiger partial charge in [-0.3, -0.25) is 9.69 Å². The van der Waals surface area contributed by atoms with Crippen molar-refractivity contribution in [3.05, 3.63) is 93.7 Å². The average molecular weight is 414 g/mol. The van der Waals surface area contributed by atoms with E-state index in [1.165, 1.54) is 0 Å². The van der Waals surface area contributed by atoms with Gasteiger partial charge in [-0.1, -0.05) is 48.5 Å². The Hall–Kier alpha value is -2.21. The Morgan fingerprint density at radius 1 is 0.913 bits per heavy atom. The highest BCUT2D eigenvalue weighted by Gasteiger charge is 2.20. The highest BCUT2D eigenvalue weighted by Crippen LogP contribution is 2.20. The summed E-state index contributed by atoms with van der Waals surface area (Å²) in [5, 5.41) is 0. The topological polar surface area (TPSA) is 33.2 Å². The summed E-state index contributed by atoms with van der Waals surface area (Å²) in [6.07, 6.45) is 1.70. The Bertz CT molecular complexity index is 791. The smallest absolute Gasteiger partial charge is 0.260 e. The molecule has 23 heavy (non-hydrogen) atoms. The molecule has 0 saturated carbocycles. The minimum atomic E-state index is -0.0439. The molecule has 1 aromatic heterocycles. The van der Waals surface area contributed by atoms with Gasteiger partial charge < -0.3 is 0 Å². The van der Waals surface area contributed by atoms with Gasteiger partial charge in [-0.25, -0.2) is 4.98 Å². The molecule has 3 rings (SSSR count). The molecule has 0 spiro atoms. The zero-order chi connectivity index (χ0) is 16.1. The van der Waals surface area contributed by atoms with Gasteiger partial charge in [0.05, 0.1) is 12.1 Å². The van der Waals surface area contributed by atoms with E-state index in [0.29, 0.717) is 17.9 Å². The zero-order valence-corrected chi connectivity index (χ0v) is 14.6. The van der Waals surface area contributed by atoms with Gasteiger partial charge in [-0.15, -0.1) is 0 Å². The lowest BCUT2D eigenvalue weighted by atomic mass is 10.1. The maximum absolute atomic E-state index is 13.1. The third-order valence-electron chi connectivity index (χ3n) is 3.46. The Labute approximate surface area is 149 Å². The molecule has 0 aliphatic heterocycles. The average Bonchev–Trinajstić information content (AvgIpc) is 2.61. The van der Waals surface area contributed by atoms with Gasteiger partial charge >= 0.3 is 0 Å². The summed E-state index contributed by atoms with van der Waals surface area (Å²) in [6, 6.07) is 23.1. The second-order valence-electron chi connectivity index (χ2n) is 5.04. The predicted molar refractivity (Wildman–Crippen MR) is 100 cm³/mol. The summed E-state index contributed by atoms with van der Waals surface area (Å²) in [5.41, 5.74) is 1.76. The van der Waals surface area contributed by atoms with Gasteiger partial charge in [0.15, 0.2) is 0 Å². The largest absolute Gasteiger partial charge is 0.288 e. The molecular formula is C19H15IN2O.